The number of anilines is 1. The van der Waals surface area contributed by atoms with Crippen LogP contribution in [0.5, 0.6) is 0 Å². The van der Waals surface area contributed by atoms with Gasteiger partial charge in [0.2, 0.25) is 0 Å². The third-order valence-electron chi connectivity index (χ3n) is 3.59. The molecule has 0 unspecified atom stereocenters. The quantitative estimate of drug-likeness (QED) is 0.773. The fourth-order valence-corrected chi connectivity index (χ4v) is 2.98. The minimum Gasteiger partial charge on any atom is -0.355 e. The summed E-state index contributed by atoms with van der Waals surface area (Å²) in [5.74, 6) is 2.36. The number of hydrogen-bond acceptors (Lipinski definition) is 5. The zero-order valence-corrected chi connectivity index (χ0v) is 11.1. The predicted octanol–water partition coefficient (Wildman–Crippen LogP) is 2.41. The second-order valence-electron chi connectivity index (χ2n) is 5.50. The Labute approximate surface area is 106 Å². The van der Waals surface area contributed by atoms with Crippen molar-refractivity contribution < 1.29 is 4.52 Å². The number of aromatic nitrogens is 3. The smallest absolute Gasteiger partial charge is 0.263 e. The molecule has 0 radical (unpaired) electrons. The molecule has 1 aliphatic rings. The summed E-state index contributed by atoms with van der Waals surface area (Å²) < 4.78 is 5.21. The standard InChI is InChI=1S/C13H18N4O/c1-8-4-9(2)6-17(5-8)12-11-10(3)16-18-13(11)15-7-14-12/h7-9H,4-6H2,1-3H3/t8-,9-/m1/s1. The van der Waals surface area contributed by atoms with Gasteiger partial charge in [-0.1, -0.05) is 19.0 Å². The molecule has 0 N–H and O–H groups in total. The molecule has 3 heterocycles. The lowest BCUT2D eigenvalue weighted by atomic mass is 9.92. The number of hydrogen-bond donors (Lipinski definition) is 0. The Hall–Kier alpha value is -1.65. The second-order valence-corrected chi connectivity index (χ2v) is 5.50. The van der Waals surface area contributed by atoms with Crippen LogP contribution >= 0.6 is 0 Å². The third-order valence-corrected chi connectivity index (χ3v) is 3.59. The average molecular weight is 246 g/mol. The number of fused-ring (bicyclic) bond motifs is 1. The van der Waals surface area contributed by atoms with Crippen molar-refractivity contribution in [1.29, 1.82) is 0 Å². The van der Waals surface area contributed by atoms with E-state index in [9.17, 15) is 0 Å². The fourth-order valence-electron chi connectivity index (χ4n) is 2.98. The molecule has 18 heavy (non-hydrogen) atoms. The Morgan fingerprint density at radius 2 is 1.94 bits per heavy atom. The predicted molar refractivity (Wildman–Crippen MR) is 69.5 cm³/mol. The van der Waals surface area contributed by atoms with Gasteiger partial charge in [-0.2, -0.15) is 4.98 Å². The molecule has 1 fully saturated rings. The molecule has 1 saturated heterocycles. The molecule has 0 aromatic carbocycles. The van der Waals surface area contributed by atoms with Crippen molar-refractivity contribution >= 4 is 16.9 Å². The summed E-state index contributed by atoms with van der Waals surface area (Å²) in [6.07, 6.45) is 2.85. The van der Waals surface area contributed by atoms with Crippen molar-refractivity contribution in [2.45, 2.75) is 27.2 Å². The van der Waals surface area contributed by atoms with Crippen molar-refractivity contribution in [3.05, 3.63) is 12.0 Å². The van der Waals surface area contributed by atoms with Gasteiger partial charge in [0.05, 0.1) is 5.69 Å². The van der Waals surface area contributed by atoms with Crippen molar-refractivity contribution in [2.75, 3.05) is 18.0 Å². The second kappa shape index (κ2) is 4.23. The zero-order valence-electron chi connectivity index (χ0n) is 11.1. The van der Waals surface area contributed by atoms with E-state index in [0.717, 1.165) is 30.0 Å². The first-order valence-electron chi connectivity index (χ1n) is 6.47. The highest BCUT2D eigenvalue weighted by atomic mass is 16.5. The van der Waals surface area contributed by atoms with E-state index < -0.39 is 0 Å². The van der Waals surface area contributed by atoms with E-state index >= 15 is 0 Å². The number of aryl methyl sites for hydroxylation is 1. The van der Waals surface area contributed by atoms with E-state index in [1.54, 1.807) is 6.33 Å². The molecule has 0 amide bonds. The Morgan fingerprint density at radius 1 is 1.22 bits per heavy atom. The topological polar surface area (TPSA) is 55.1 Å². The Bertz CT molecular complexity index is 555. The number of piperidine rings is 1. The van der Waals surface area contributed by atoms with Crippen LogP contribution in [0.15, 0.2) is 10.9 Å². The van der Waals surface area contributed by atoms with E-state index in [0.29, 0.717) is 17.5 Å². The molecular formula is C13H18N4O. The summed E-state index contributed by atoms with van der Waals surface area (Å²) in [5.41, 5.74) is 1.45. The van der Waals surface area contributed by atoms with Crippen LogP contribution in [0.2, 0.25) is 0 Å². The normalized spacial score (nSPS) is 24.7. The van der Waals surface area contributed by atoms with Gasteiger partial charge < -0.3 is 9.42 Å². The molecule has 2 aromatic rings. The minimum absolute atomic E-state index is 0.586. The van der Waals surface area contributed by atoms with E-state index in [1.165, 1.54) is 6.42 Å². The van der Waals surface area contributed by atoms with Gasteiger partial charge in [-0.15, -0.1) is 0 Å². The van der Waals surface area contributed by atoms with Crippen LogP contribution in [0.4, 0.5) is 5.82 Å². The first-order chi connectivity index (χ1) is 8.65. The summed E-state index contributed by atoms with van der Waals surface area (Å²) in [4.78, 5) is 10.9. The van der Waals surface area contributed by atoms with Gasteiger partial charge in [0, 0.05) is 13.1 Å². The van der Waals surface area contributed by atoms with Crippen molar-refractivity contribution in [3.63, 3.8) is 0 Å². The summed E-state index contributed by atoms with van der Waals surface area (Å²) >= 11 is 0. The molecule has 0 aliphatic carbocycles. The maximum Gasteiger partial charge on any atom is 0.263 e. The minimum atomic E-state index is 0.586. The van der Waals surface area contributed by atoms with Crippen LogP contribution < -0.4 is 4.90 Å². The maximum atomic E-state index is 5.21. The van der Waals surface area contributed by atoms with Crippen LogP contribution in [-0.2, 0) is 0 Å². The summed E-state index contributed by atoms with van der Waals surface area (Å²) in [6.45, 7) is 8.61. The first-order valence-corrected chi connectivity index (χ1v) is 6.47. The van der Waals surface area contributed by atoms with Crippen LogP contribution in [0, 0.1) is 18.8 Å². The lowest BCUT2D eigenvalue weighted by molar-refractivity contribution is 0.356. The lowest BCUT2D eigenvalue weighted by Crippen LogP contribution is -2.39. The zero-order chi connectivity index (χ0) is 12.7. The molecule has 96 valence electrons. The molecule has 0 spiro atoms. The molecule has 3 rings (SSSR count). The monoisotopic (exact) mass is 246 g/mol. The SMILES string of the molecule is Cc1noc2ncnc(N3C[C@H](C)C[C@@H](C)C3)c12. The molecule has 0 bridgehead atoms. The Kier molecular flexibility index (Phi) is 2.69. The lowest BCUT2D eigenvalue weighted by Gasteiger charge is -2.35. The van der Waals surface area contributed by atoms with E-state index in [1.807, 2.05) is 6.92 Å². The molecule has 2 aromatic heterocycles. The highest BCUT2D eigenvalue weighted by molar-refractivity contribution is 5.87. The van der Waals surface area contributed by atoms with E-state index in [2.05, 4.69) is 33.9 Å². The van der Waals surface area contributed by atoms with Gasteiger partial charge in [0.1, 0.15) is 17.5 Å². The fraction of sp³-hybridized carbons (Fsp3) is 0.615. The molecule has 2 atom stereocenters. The van der Waals surface area contributed by atoms with Crippen LogP contribution in [0.25, 0.3) is 11.1 Å². The molecule has 5 heteroatoms. The van der Waals surface area contributed by atoms with Gasteiger partial charge >= 0.3 is 0 Å². The van der Waals surface area contributed by atoms with Crippen molar-refractivity contribution in [2.24, 2.45) is 11.8 Å². The largest absolute Gasteiger partial charge is 0.355 e. The van der Waals surface area contributed by atoms with Gasteiger partial charge in [-0.25, -0.2) is 4.98 Å². The number of rotatable bonds is 1. The van der Waals surface area contributed by atoms with Crippen LogP contribution in [-0.4, -0.2) is 28.2 Å². The van der Waals surface area contributed by atoms with E-state index in [4.69, 9.17) is 4.52 Å². The highest BCUT2D eigenvalue weighted by Gasteiger charge is 2.25. The Morgan fingerprint density at radius 3 is 2.67 bits per heavy atom. The number of nitrogens with zero attached hydrogens (tertiary/aromatic N) is 4. The van der Waals surface area contributed by atoms with Crippen molar-refractivity contribution in [1.82, 2.24) is 15.1 Å². The first kappa shape index (κ1) is 11.4. The maximum absolute atomic E-state index is 5.21. The summed E-state index contributed by atoms with van der Waals surface area (Å²) in [5, 5.41) is 4.94. The summed E-state index contributed by atoms with van der Waals surface area (Å²) in [6, 6.07) is 0. The highest BCUT2D eigenvalue weighted by Crippen LogP contribution is 2.30. The van der Waals surface area contributed by atoms with Crippen molar-refractivity contribution in [3.8, 4) is 0 Å². The molecular weight excluding hydrogens is 228 g/mol. The van der Waals surface area contributed by atoms with Gasteiger partial charge in [-0.3, -0.25) is 0 Å². The third kappa shape index (κ3) is 1.83. The van der Waals surface area contributed by atoms with Gasteiger partial charge in [-0.05, 0) is 25.2 Å². The summed E-state index contributed by atoms with van der Waals surface area (Å²) in [7, 11) is 0. The van der Waals surface area contributed by atoms with Gasteiger partial charge in [0.15, 0.2) is 0 Å². The van der Waals surface area contributed by atoms with E-state index in [-0.39, 0.29) is 0 Å². The van der Waals surface area contributed by atoms with Crippen LogP contribution in [0.1, 0.15) is 26.0 Å². The Balaban J connectivity index is 2.05. The van der Waals surface area contributed by atoms with Gasteiger partial charge in [0.25, 0.3) is 5.71 Å². The molecule has 0 saturated carbocycles. The molecule has 5 nitrogen and oxygen atoms in total. The average Bonchev–Trinajstić information content (AvgIpc) is 2.70. The van der Waals surface area contributed by atoms with Crippen LogP contribution in [0.3, 0.4) is 0 Å². The molecule has 1 aliphatic heterocycles.